The van der Waals surface area contributed by atoms with Gasteiger partial charge in [-0.2, -0.15) is 0 Å². The van der Waals surface area contributed by atoms with Crippen LogP contribution in [0.1, 0.15) is 26.5 Å². The number of hydrogen-bond donors (Lipinski definition) is 1. The molecular formula is C15H12N2O3S. The fraction of sp³-hybridized carbons (Fsp3) is 0.133. The van der Waals surface area contributed by atoms with Crippen LogP contribution in [-0.2, 0) is 17.6 Å². The molecule has 1 N–H and O–H groups in total. The topological polar surface area (TPSA) is 71.7 Å². The Morgan fingerprint density at radius 1 is 1.29 bits per heavy atom. The molecule has 0 radical (unpaired) electrons. The highest BCUT2D eigenvalue weighted by molar-refractivity contribution is 7.17. The number of imidazole rings is 1. The number of carboxylic acids is 1. The summed E-state index contributed by atoms with van der Waals surface area (Å²) >= 11 is 1.54. The van der Waals surface area contributed by atoms with E-state index in [-0.39, 0.29) is 6.42 Å². The Balaban J connectivity index is 1.79. The van der Waals surface area contributed by atoms with E-state index in [2.05, 4.69) is 4.98 Å². The minimum Gasteiger partial charge on any atom is -0.481 e. The molecule has 0 spiro atoms. The predicted octanol–water partition coefficient (Wildman–Crippen LogP) is 2.43. The van der Waals surface area contributed by atoms with Crippen LogP contribution in [0.2, 0.25) is 0 Å². The molecular weight excluding hydrogens is 288 g/mol. The summed E-state index contributed by atoms with van der Waals surface area (Å²) in [4.78, 5) is 27.6. The SMILES string of the molecule is O=Cc1cnc2sc(Cc3ccc(CC(=O)O)cc3)cn12. The van der Waals surface area contributed by atoms with E-state index < -0.39 is 5.97 Å². The van der Waals surface area contributed by atoms with E-state index in [0.717, 1.165) is 33.7 Å². The van der Waals surface area contributed by atoms with Crippen molar-refractivity contribution in [2.45, 2.75) is 12.8 Å². The highest BCUT2D eigenvalue weighted by atomic mass is 32.1. The van der Waals surface area contributed by atoms with Gasteiger partial charge in [-0.1, -0.05) is 24.3 Å². The smallest absolute Gasteiger partial charge is 0.307 e. The fourth-order valence-electron chi connectivity index (χ4n) is 2.17. The molecule has 0 bridgehead atoms. The van der Waals surface area contributed by atoms with Gasteiger partial charge in [0.2, 0.25) is 0 Å². The molecule has 3 aromatic rings. The van der Waals surface area contributed by atoms with Crippen molar-refractivity contribution < 1.29 is 14.7 Å². The van der Waals surface area contributed by atoms with Crippen molar-refractivity contribution in [3.63, 3.8) is 0 Å². The van der Waals surface area contributed by atoms with E-state index in [1.807, 2.05) is 30.5 Å². The summed E-state index contributed by atoms with van der Waals surface area (Å²) in [6.07, 6.45) is 5.04. The van der Waals surface area contributed by atoms with Gasteiger partial charge in [0.15, 0.2) is 11.2 Å². The molecule has 0 aliphatic heterocycles. The first-order valence-electron chi connectivity index (χ1n) is 6.36. The number of nitrogens with zero attached hydrogens (tertiary/aromatic N) is 2. The van der Waals surface area contributed by atoms with Crippen molar-refractivity contribution in [3.8, 4) is 0 Å². The largest absolute Gasteiger partial charge is 0.481 e. The summed E-state index contributed by atoms with van der Waals surface area (Å²) < 4.78 is 1.78. The van der Waals surface area contributed by atoms with Gasteiger partial charge in [0.1, 0.15) is 5.69 Å². The van der Waals surface area contributed by atoms with Crippen LogP contribution in [0.5, 0.6) is 0 Å². The van der Waals surface area contributed by atoms with Crippen molar-refractivity contribution in [2.24, 2.45) is 0 Å². The van der Waals surface area contributed by atoms with E-state index >= 15 is 0 Å². The Morgan fingerprint density at radius 3 is 2.67 bits per heavy atom. The number of carboxylic acid groups (broad SMARTS) is 1. The minimum absolute atomic E-state index is 0.0375. The third kappa shape index (κ3) is 2.85. The normalized spacial score (nSPS) is 10.9. The van der Waals surface area contributed by atoms with Gasteiger partial charge in [0.25, 0.3) is 0 Å². The van der Waals surface area contributed by atoms with E-state index in [1.54, 1.807) is 21.9 Å². The Bertz CT molecular complexity index is 802. The molecule has 3 rings (SSSR count). The first-order valence-corrected chi connectivity index (χ1v) is 7.18. The minimum atomic E-state index is -0.830. The van der Waals surface area contributed by atoms with Crippen LogP contribution in [0.4, 0.5) is 0 Å². The molecule has 0 atom stereocenters. The van der Waals surface area contributed by atoms with Gasteiger partial charge >= 0.3 is 5.97 Å². The standard InChI is InChI=1S/C15H12N2O3S/c18-9-12-7-16-15-17(12)8-13(21-15)5-10-1-3-11(4-2-10)6-14(19)20/h1-4,7-9H,5-6H2,(H,19,20). The first-order chi connectivity index (χ1) is 10.2. The molecule has 106 valence electrons. The van der Waals surface area contributed by atoms with Crippen LogP contribution in [-0.4, -0.2) is 26.7 Å². The van der Waals surface area contributed by atoms with Crippen LogP contribution in [0.3, 0.4) is 0 Å². The summed E-state index contributed by atoms with van der Waals surface area (Å²) in [5, 5.41) is 8.74. The Hall–Kier alpha value is -2.47. The summed E-state index contributed by atoms with van der Waals surface area (Å²) in [6, 6.07) is 7.53. The molecule has 0 aliphatic carbocycles. The van der Waals surface area contributed by atoms with Crippen LogP contribution >= 0.6 is 11.3 Å². The fourth-order valence-corrected chi connectivity index (χ4v) is 3.16. The zero-order valence-corrected chi connectivity index (χ0v) is 11.8. The Kier molecular flexibility index (Phi) is 3.53. The highest BCUT2D eigenvalue weighted by Gasteiger charge is 2.08. The Labute approximate surface area is 124 Å². The number of aliphatic carboxylic acids is 1. The number of aldehydes is 1. The quantitative estimate of drug-likeness (QED) is 0.735. The maximum Gasteiger partial charge on any atom is 0.307 e. The van der Waals surface area contributed by atoms with E-state index in [1.165, 1.54) is 0 Å². The van der Waals surface area contributed by atoms with E-state index in [4.69, 9.17) is 5.11 Å². The van der Waals surface area contributed by atoms with Gasteiger partial charge in [-0.05, 0) is 11.1 Å². The molecule has 0 fully saturated rings. The lowest BCUT2D eigenvalue weighted by atomic mass is 10.1. The van der Waals surface area contributed by atoms with E-state index in [9.17, 15) is 9.59 Å². The molecule has 2 heterocycles. The predicted molar refractivity (Wildman–Crippen MR) is 79.0 cm³/mol. The molecule has 0 saturated heterocycles. The van der Waals surface area contributed by atoms with Crippen molar-refractivity contribution in [1.29, 1.82) is 0 Å². The molecule has 1 aromatic carbocycles. The second-order valence-electron chi connectivity index (χ2n) is 4.71. The number of carbonyl (C=O) groups is 2. The second kappa shape index (κ2) is 5.49. The lowest BCUT2D eigenvalue weighted by Crippen LogP contribution is -1.99. The number of carbonyl (C=O) groups excluding carboxylic acids is 1. The highest BCUT2D eigenvalue weighted by Crippen LogP contribution is 2.21. The summed E-state index contributed by atoms with van der Waals surface area (Å²) in [6.45, 7) is 0. The van der Waals surface area contributed by atoms with Gasteiger partial charge in [-0.25, -0.2) is 4.98 Å². The number of aromatic nitrogens is 2. The van der Waals surface area contributed by atoms with E-state index in [0.29, 0.717) is 5.69 Å². The van der Waals surface area contributed by atoms with Crippen molar-refractivity contribution in [3.05, 3.63) is 58.4 Å². The Morgan fingerprint density at radius 2 is 2.00 bits per heavy atom. The van der Waals surface area contributed by atoms with Crippen molar-refractivity contribution in [1.82, 2.24) is 9.38 Å². The molecule has 21 heavy (non-hydrogen) atoms. The van der Waals surface area contributed by atoms with Gasteiger partial charge in [-0.3, -0.25) is 14.0 Å². The first kappa shape index (κ1) is 13.5. The summed E-state index contributed by atoms with van der Waals surface area (Å²) in [5.74, 6) is -0.830. The molecule has 0 saturated carbocycles. The zero-order valence-electron chi connectivity index (χ0n) is 11.0. The number of rotatable bonds is 5. The average Bonchev–Trinajstić information content (AvgIpc) is 3.00. The summed E-state index contributed by atoms with van der Waals surface area (Å²) in [5.41, 5.74) is 2.43. The van der Waals surface area contributed by atoms with Gasteiger partial charge in [-0.15, -0.1) is 11.3 Å². The van der Waals surface area contributed by atoms with Crippen LogP contribution in [0.25, 0.3) is 4.96 Å². The maximum atomic E-state index is 10.9. The van der Waals surface area contributed by atoms with Crippen LogP contribution < -0.4 is 0 Å². The van der Waals surface area contributed by atoms with Crippen LogP contribution in [0.15, 0.2) is 36.7 Å². The van der Waals surface area contributed by atoms with Crippen molar-refractivity contribution in [2.75, 3.05) is 0 Å². The third-order valence-electron chi connectivity index (χ3n) is 3.16. The molecule has 0 amide bonds. The lowest BCUT2D eigenvalue weighted by molar-refractivity contribution is -0.136. The van der Waals surface area contributed by atoms with Gasteiger partial charge < -0.3 is 5.11 Å². The zero-order chi connectivity index (χ0) is 14.8. The van der Waals surface area contributed by atoms with Crippen LogP contribution in [0, 0.1) is 0 Å². The number of thiazole rings is 1. The third-order valence-corrected chi connectivity index (χ3v) is 4.16. The lowest BCUT2D eigenvalue weighted by Gasteiger charge is -2.01. The monoisotopic (exact) mass is 300 g/mol. The van der Waals surface area contributed by atoms with Gasteiger partial charge in [0, 0.05) is 17.5 Å². The summed E-state index contributed by atoms with van der Waals surface area (Å²) in [7, 11) is 0. The molecule has 6 heteroatoms. The second-order valence-corrected chi connectivity index (χ2v) is 5.81. The molecule has 2 aromatic heterocycles. The van der Waals surface area contributed by atoms with Gasteiger partial charge in [0.05, 0.1) is 12.6 Å². The maximum absolute atomic E-state index is 10.9. The number of hydrogen-bond acceptors (Lipinski definition) is 4. The average molecular weight is 300 g/mol. The molecule has 0 unspecified atom stereocenters. The molecule has 0 aliphatic rings. The number of benzene rings is 1. The number of fused-ring (bicyclic) bond motifs is 1. The molecule has 5 nitrogen and oxygen atoms in total. The van der Waals surface area contributed by atoms with Crippen molar-refractivity contribution >= 4 is 28.6 Å².